The SMILES string of the molecule is CC(=O)NCC=Cc1c[nH]c2ccc(F)cc12. The summed E-state index contributed by atoms with van der Waals surface area (Å²) in [5.41, 5.74) is 1.80. The highest BCUT2D eigenvalue weighted by atomic mass is 19.1. The second kappa shape index (κ2) is 4.82. The number of halogens is 1. The van der Waals surface area contributed by atoms with E-state index in [1.807, 2.05) is 18.3 Å². The summed E-state index contributed by atoms with van der Waals surface area (Å²) in [4.78, 5) is 13.7. The molecular weight excluding hydrogens is 219 g/mol. The lowest BCUT2D eigenvalue weighted by Gasteiger charge is -1.95. The van der Waals surface area contributed by atoms with Crippen molar-refractivity contribution in [3.63, 3.8) is 0 Å². The summed E-state index contributed by atoms with van der Waals surface area (Å²) in [7, 11) is 0. The minimum Gasteiger partial charge on any atom is -0.361 e. The summed E-state index contributed by atoms with van der Waals surface area (Å²) in [6, 6.07) is 4.61. The van der Waals surface area contributed by atoms with Gasteiger partial charge in [0.15, 0.2) is 0 Å². The van der Waals surface area contributed by atoms with Gasteiger partial charge in [-0.05, 0) is 23.8 Å². The fraction of sp³-hybridized carbons (Fsp3) is 0.154. The molecule has 0 fully saturated rings. The van der Waals surface area contributed by atoms with Crippen LogP contribution in [0.25, 0.3) is 17.0 Å². The first-order valence-electron chi connectivity index (χ1n) is 5.34. The molecule has 0 saturated heterocycles. The number of carbonyl (C=O) groups excluding carboxylic acids is 1. The molecule has 3 nitrogen and oxygen atoms in total. The van der Waals surface area contributed by atoms with Gasteiger partial charge in [0.25, 0.3) is 0 Å². The fourth-order valence-corrected chi connectivity index (χ4v) is 1.64. The zero-order valence-corrected chi connectivity index (χ0v) is 9.46. The van der Waals surface area contributed by atoms with Gasteiger partial charge in [-0.25, -0.2) is 4.39 Å². The standard InChI is InChI=1S/C13H13FN2O/c1-9(17)15-6-2-3-10-8-16-13-5-4-11(14)7-12(10)13/h2-5,7-8,16H,6H2,1H3,(H,15,17). The predicted molar refractivity (Wildman–Crippen MR) is 66.0 cm³/mol. The van der Waals surface area contributed by atoms with E-state index >= 15 is 0 Å². The molecule has 0 unspecified atom stereocenters. The Morgan fingerprint density at radius 3 is 3.12 bits per heavy atom. The van der Waals surface area contributed by atoms with Crippen LogP contribution in [0.2, 0.25) is 0 Å². The highest BCUT2D eigenvalue weighted by Gasteiger charge is 2.01. The van der Waals surface area contributed by atoms with Gasteiger partial charge in [0.05, 0.1) is 0 Å². The number of benzene rings is 1. The van der Waals surface area contributed by atoms with Gasteiger partial charge in [-0.15, -0.1) is 0 Å². The summed E-state index contributed by atoms with van der Waals surface area (Å²) in [6.45, 7) is 1.94. The van der Waals surface area contributed by atoms with Crippen LogP contribution in [0.3, 0.4) is 0 Å². The number of nitrogens with one attached hydrogen (secondary N) is 2. The van der Waals surface area contributed by atoms with E-state index in [0.717, 1.165) is 16.5 Å². The number of hydrogen-bond donors (Lipinski definition) is 2. The van der Waals surface area contributed by atoms with Crippen LogP contribution in [0.1, 0.15) is 12.5 Å². The lowest BCUT2D eigenvalue weighted by Crippen LogP contribution is -2.19. The lowest BCUT2D eigenvalue weighted by atomic mass is 10.1. The first kappa shape index (κ1) is 11.4. The van der Waals surface area contributed by atoms with Crippen LogP contribution < -0.4 is 5.32 Å². The van der Waals surface area contributed by atoms with E-state index in [1.54, 1.807) is 6.07 Å². The molecule has 2 rings (SSSR count). The number of fused-ring (bicyclic) bond motifs is 1. The van der Waals surface area contributed by atoms with E-state index in [2.05, 4.69) is 10.3 Å². The van der Waals surface area contributed by atoms with Crippen LogP contribution in [0.5, 0.6) is 0 Å². The molecule has 0 spiro atoms. The summed E-state index contributed by atoms with van der Waals surface area (Å²) < 4.78 is 13.1. The summed E-state index contributed by atoms with van der Waals surface area (Å²) in [5.74, 6) is -0.326. The Hall–Kier alpha value is -2.10. The molecular formula is C13H13FN2O. The van der Waals surface area contributed by atoms with E-state index in [0.29, 0.717) is 6.54 Å². The van der Waals surface area contributed by atoms with Crippen LogP contribution in [-0.2, 0) is 4.79 Å². The maximum Gasteiger partial charge on any atom is 0.217 e. The Morgan fingerprint density at radius 2 is 2.35 bits per heavy atom. The van der Waals surface area contributed by atoms with Gasteiger partial charge in [-0.1, -0.05) is 12.2 Å². The summed E-state index contributed by atoms with van der Waals surface area (Å²) >= 11 is 0. The number of rotatable bonds is 3. The number of hydrogen-bond acceptors (Lipinski definition) is 1. The normalized spacial score (nSPS) is 11.2. The Bertz CT molecular complexity index is 572. The Kier molecular flexibility index (Phi) is 3.23. The monoisotopic (exact) mass is 232 g/mol. The number of amides is 1. The highest BCUT2D eigenvalue weighted by Crippen LogP contribution is 2.20. The van der Waals surface area contributed by atoms with E-state index in [9.17, 15) is 9.18 Å². The number of aromatic amines is 1. The third-order valence-corrected chi connectivity index (χ3v) is 2.44. The van der Waals surface area contributed by atoms with Crippen LogP contribution in [0, 0.1) is 5.82 Å². The first-order chi connectivity index (χ1) is 8.16. The minimum atomic E-state index is -0.256. The number of aromatic nitrogens is 1. The van der Waals surface area contributed by atoms with Gasteiger partial charge in [0.1, 0.15) is 5.82 Å². The van der Waals surface area contributed by atoms with Gasteiger partial charge >= 0.3 is 0 Å². The molecule has 1 amide bonds. The van der Waals surface area contributed by atoms with Gasteiger partial charge in [0, 0.05) is 30.6 Å². The lowest BCUT2D eigenvalue weighted by molar-refractivity contribution is -0.118. The minimum absolute atomic E-state index is 0.0698. The van der Waals surface area contributed by atoms with Crippen LogP contribution in [0.15, 0.2) is 30.5 Å². The van der Waals surface area contributed by atoms with Crippen molar-refractivity contribution in [1.82, 2.24) is 10.3 Å². The molecule has 1 aromatic carbocycles. The summed E-state index contributed by atoms with van der Waals surface area (Å²) in [5, 5.41) is 3.49. The molecule has 1 aromatic heterocycles. The van der Waals surface area contributed by atoms with Crippen molar-refractivity contribution in [3.05, 3.63) is 41.9 Å². The van der Waals surface area contributed by atoms with Crippen molar-refractivity contribution < 1.29 is 9.18 Å². The average Bonchev–Trinajstić information content (AvgIpc) is 2.67. The van der Waals surface area contributed by atoms with Gasteiger partial charge in [0.2, 0.25) is 5.91 Å². The van der Waals surface area contributed by atoms with E-state index in [1.165, 1.54) is 19.1 Å². The second-order valence-electron chi connectivity index (χ2n) is 3.77. The molecule has 4 heteroatoms. The Balaban J connectivity index is 2.18. The molecule has 88 valence electrons. The zero-order valence-electron chi connectivity index (χ0n) is 9.46. The van der Waals surface area contributed by atoms with Crippen molar-refractivity contribution >= 4 is 22.9 Å². The van der Waals surface area contributed by atoms with Crippen molar-refractivity contribution in [2.75, 3.05) is 6.54 Å². The van der Waals surface area contributed by atoms with Crippen LogP contribution in [0.4, 0.5) is 4.39 Å². The topological polar surface area (TPSA) is 44.9 Å². The molecule has 0 radical (unpaired) electrons. The maximum absolute atomic E-state index is 13.1. The predicted octanol–water partition coefficient (Wildman–Crippen LogP) is 2.46. The molecule has 0 bridgehead atoms. The summed E-state index contributed by atoms with van der Waals surface area (Å²) in [6.07, 6.45) is 5.50. The van der Waals surface area contributed by atoms with Crippen molar-refractivity contribution in [2.24, 2.45) is 0 Å². The molecule has 0 atom stereocenters. The highest BCUT2D eigenvalue weighted by molar-refractivity contribution is 5.88. The van der Waals surface area contributed by atoms with Crippen molar-refractivity contribution in [2.45, 2.75) is 6.92 Å². The molecule has 0 aliphatic carbocycles. The molecule has 2 N–H and O–H groups in total. The van der Waals surface area contributed by atoms with Gasteiger partial charge in [-0.3, -0.25) is 4.79 Å². The third kappa shape index (κ3) is 2.72. The zero-order chi connectivity index (χ0) is 12.3. The molecule has 0 saturated carbocycles. The molecule has 17 heavy (non-hydrogen) atoms. The van der Waals surface area contributed by atoms with Crippen molar-refractivity contribution in [3.8, 4) is 0 Å². The Labute approximate surface area is 98.3 Å². The van der Waals surface area contributed by atoms with Gasteiger partial charge in [-0.2, -0.15) is 0 Å². The third-order valence-electron chi connectivity index (χ3n) is 2.44. The molecule has 1 heterocycles. The van der Waals surface area contributed by atoms with E-state index in [-0.39, 0.29) is 11.7 Å². The molecule has 0 aliphatic heterocycles. The fourth-order valence-electron chi connectivity index (χ4n) is 1.64. The molecule has 2 aromatic rings. The quantitative estimate of drug-likeness (QED) is 0.838. The van der Waals surface area contributed by atoms with Crippen LogP contribution >= 0.6 is 0 Å². The van der Waals surface area contributed by atoms with E-state index < -0.39 is 0 Å². The average molecular weight is 232 g/mol. The Morgan fingerprint density at radius 1 is 1.53 bits per heavy atom. The van der Waals surface area contributed by atoms with Gasteiger partial charge < -0.3 is 10.3 Å². The number of H-pyrrole nitrogens is 1. The second-order valence-corrected chi connectivity index (χ2v) is 3.77. The molecule has 0 aliphatic rings. The largest absolute Gasteiger partial charge is 0.361 e. The van der Waals surface area contributed by atoms with Crippen molar-refractivity contribution in [1.29, 1.82) is 0 Å². The smallest absolute Gasteiger partial charge is 0.217 e. The maximum atomic E-state index is 13.1. The first-order valence-corrected chi connectivity index (χ1v) is 5.34. The van der Waals surface area contributed by atoms with E-state index in [4.69, 9.17) is 0 Å². The number of carbonyl (C=O) groups is 1. The van der Waals surface area contributed by atoms with Crippen LogP contribution in [-0.4, -0.2) is 17.4 Å².